The van der Waals surface area contributed by atoms with Crippen LogP contribution < -0.4 is 15.5 Å². The molecular weight excluding hydrogens is 270 g/mol. The van der Waals surface area contributed by atoms with Crippen molar-refractivity contribution < 1.29 is 14.3 Å². The van der Waals surface area contributed by atoms with Crippen molar-refractivity contribution in [1.29, 1.82) is 0 Å². The van der Waals surface area contributed by atoms with E-state index in [1.807, 2.05) is 13.0 Å². The molecular formula is C15H21N3O3. The van der Waals surface area contributed by atoms with Gasteiger partial charge >= 0.3 is 0 Å². The van der Waals surface area contributed by atoms with Crippen LogP contribution in [-0.4, -0.2) is 44.2 Å². The molecule has 0 unspecified atom stereocenters. The average molecular weight is 291 g/mol. The van der Waals surface area contributed by atoms with Crippen LogP contribution in [0.15, 0.2) is 24.3 Å². The number of hydrogen-bond acceptors (Lipinski definition) is 4. The molecule has 21 heavy (non-hydrogen) atoms. The highest BCUT2D eigenvalue weighted by atomic mass is 16.5. The Morgan fingerprint density at radius 1 is 1.43 bits per heavy atom. The molecule has 2 N–H and O–H groups in total. The smallest absolute Gasteiger partial charge is 0.244 e. The van der Waals surface area contributed by atoms with E-state index in [0.29, 0.717) is 18.8 Å². The number of anilines is 2. The van der Waals surface area contributed by atoms with Crippen LogP contribution in [0.3, 0.4) is 0 Å². The summed E-state index contributed by atoms with van der Waals surface area (Å²) in [6, 6.07) is 6.82. The van der Waals surface area contributed by atoms with Crippen LogP contribution in [0.1, 0.15) is 13.8 Å². The third kappa shape index (κ3) is 3.80. The van der Waals surface area contributed by atoms with Gasteiger partial charge in [-0.25, -0.2) is 0 Å². The summed E-state index contributed by atoms with van der Waals surface area (Å²) in [5, 5.41) is 6.00. The molecule has 0 saturated carbocycles. The minimum absolute atomic E-state index is 0.0607. The largest absolute Gasteiger partial charge is 0.375 e. The van der Waals surface area contributed by atoms with E-state index < -0.39 is 0 Å². The van der Waals surface area contributed by atoms with Gasteiger partial charge in [-0.05, 0) is 25.1 Å². The molecule has 1 aromatic rings. The zero-order valence-corrected chi connectivity index (χ0v) is 12.6. The SMILES string of the molecule is CC(=O)N(C)c1cccc(NC(=O)[C@H]2NCCO[C@@H]2C)c1. The molecule has 1 heterocycles. The quantitative estimate of drug-likeness (QED) is 0.871. The van der Waals surface area contributed by atoms with Crippen LogP contribution >= 0.6 is 0 Å². The van der Waals surface area contributed by atoms with Crippen LogP contribution in [0.25, 0.3) is 0 Å². The summed E-state index contributed by atoms with van der Waals surface area (Å²) in [5.74, 6) is -0.195. The summed E-state index contributed by atoms with van der Waals surface area (Å²) in [6.45, 7) is 4.64. The third-order valence-corrected chi connectivity index (χ3v) is 3.57. The molecule has 6 heteroatoms. The number of rotatable bonds is 3. The Bertz CT molecular complexity index is 533. The fourth-order valence-corrected chi connectivity index (χ4v) is 2.22. The van der Waals surface area contributed by atoms with Gasteiger partial charge in [0.25, 0.3) is 0 Å². The molecule has 2 atom stereocenters. The van der Waals surface area contributed by atoms with Crippen LogP contribution in [-0.2, 0) is 14.3 Å². The number of nitrogens with zero attached hydrogens (tertiary/aromatic N) is 1. The Balaban J connectivity index is 2.07. The molecule has 1 saturated heterocycles. The van der Waals surface area contributed by atoms with Gasteiger partial charge < -0.3 is 20.3 Å². The predicted octanol–water partition coefficient (Wildman–Crippen LogP) is 0.985. The number of benzene rings is 1. The van der Waals surface area contributed by atoms with Gasteiger partial charge in [0.1, 0.15) is 6.04 Å². The molecule has 1 aliphatic heterocycles. The topological polar surface area (TPSA) is 70.7 Å². The van der Waals surface area contributed by atoms with Crippen molar-refractivity contribution in [3.63, 3.8) is 0 Å². The van der Waals surface area contributed by atoms with Crippen LogP contribution in [0.2, 0.25) is 0 Å². The van der Waals surface area contributed by atoms with Gasteiger partial charge in [0.05, 0.1) is 12.7 Å². The van der Waals surface area contributed by atoms with Crippen molar-refractivity contribution in [2.45, 2.75) is 26.0 Å². The summed E-state index contributed by atoms with van der Waals surface area (Å²) in [7, 11) is 1.70. The Labute approximate surface area is 124 Å². The predicted molar refractivity (Wildman–Crippen MR) is 81.4 cm³/mol. The van der Waals surface area contributed by atoms with Gasteiger partial charge in [0, 0.05) is 31.9 Å². The number of amides is 2. The molecule has 114 valence electrons. The second-order valence-corrected chi connectivity index (χ2v) is 5.13. The van der Waals surface area contributed by atoms with Gasteiger partial charge in [-0.3, -0.25) is 9.59 Å². The molecule has 1 aromatic carbocycles. The molecule has 0 bridgehead atoms. The highest BCUT2D eigenvalue weighted by Gasteiger charge is 2.28. The number of hydrogen-bond donors (Lipinski definition) is 2. The van der Waals surface area contributed by atoms with Gasteiger partial charge in [-0.15, -0.1) is 0 Å². The summed E-state index contributed by atoms with van der Waals surface area (Å²) in [4.78, 5) is 25.2. The van der Waals surface area contributed by atoms with Crippen molar-refractivity contribution in [2.24, 2.45) is 0 Å². The van der Waals surface area contributed by atoms with Crippen LogP contribution in [0, 0.1) is 0 Å². The van der Waals surface area contributed by atoms with Gasteiger partial charge in [0.2, 0.25) is 11.8 Å². The molecule has 0 aliphatic carbocycles. The first-order chi connectivity index (χ1) is 9.99. The van der Waals surface area contributed by atoms with Crippen LogP contribution in [0.5, 0.6) is 0 Å². The van der Waals surface area contributed by atoms with Crippen molar-refractivity contribution in [3.05, 3.63) is 24.3 Å². The van der Waals surface area contributed by atoms with E-state index in [1.54, 1.807) is 25.2 Å². The van der Waals surface area contributed by atoms with Crippen molar-refractivity contribution in [1.82, 2.24) is 5.32 Å². The summed E-state index contributed by atoms with van der Waals surface area (Å²) >= 11 is 0. The number of morpholine rings is 1. The van der Waals surface area contributed by atoms with E-state index >= 15 is 0 Å². The van der Waals surface area contributed by atoms with Gasteiger partial charge in [0.15, 0.2) is 0 Å². The fourth-order valence-electron chi connectivity index (χ4n) is 2.22. The van der Waals surface area contributed by atoms with E-state index in [2.05, 4.69) is 10.6 Å². The average Bonchev–Trinajstić information content (AvgIpc) is 2.47. The van der Waals surface area contributed by atoms with E-state index in [0.717, 1.165) is 5.69 Å². The number of carbonyl (C=O) groups excluding carboxylic acids is 2. The first kappa shape index (κ1) is 15.5. The maximum atomic E-state index is 12.3. The molecule has 2 amide bonds. The molecule has 0 aromatic heterocycles. The zero-order valence-electron chi connectivity index (χ0n) is 12.6. The summed E-state index contributed by atoms with van der Waals surface area (Å²) in [5.41, 5.74) is 1.39. The zero-order chi connectivity index (χ0) is 15.4. The Morgan fingerprint density at radius 2 is 2.19 bits per heavy atom. The van der Waals surface area contributed by atoms with Gasteiger partial charge in [-0.2, -0.15) is 0 Å². The van der Waals surface area contributed by atoms with E-state index in [-0.39, 0.29) is 24.0 Å². The number of carbonyl (C=O) groups is 2. The van der Waals surface area contributed by atoms with Gasteiger partial charge in [-0.1, -0.05) is 6.07 Å². The maximum Gasteiger partial charge on any atom is 0.244 e. The maximum absolute atomic E-state index is 12.3. The minimum Gasteiger partial charge on any atom is -0.375 e. The molecule has 1 aliphatic rings. The van der Waals surface area contributed by atoms with E-state index in [4.69, 9.17) is 4.74 Å². The Morgan fingerprint density at radius 3 is 2.86 bits per heavy atom. The van der Waals surface area contributed by atoms with Crippen molar-refractivity contribution in [3.8, 4) is 0 Å². The van der Waals surface area contributed by atoms with E-state index in [9.17, 15) is 9.59 Å². The standard InChI is InChI=1S/C15H21N3O3/c1-10-14(16-7-8-21-10)15(20)17-12-5-4-6-13(9-12)18(3)11(2)19/h4-6,9-10,14,16H,7-8H2,1-3H3,(H,17,20)/t10-,14+/m1/s1. The first-order valence-electron chi connectivity index (χ1n) is 6.99. The lowest BCUT2D eigenvalue weighted by Crippen LogP contribution is -2.53. The lowest BCUT2D eigenvalue weighted by Gasteiger charge is -2.29. The molecule has 6 nitrogen and oxygen atoms in total. The lowest BCUT2D eigenvalue weighted by atomic mass is 10.1. The first-order valence-corrected chi connectivity index (χ1v) is 6.99. The third-order valence-electron chi connectivity index (χ3n) is 3.57. The van der Waals surface area contributed by atoms with Crippen molar-refractivity contribution in [2.75, 3.05) is 30.4 Å². The van der Waals surface area contributed by atoms with Crippen molar-refractivity contribution >= 4 is 23.2 Å². The minimum atomic E-state index is -0.368. The van der Waals surface area contributed by atoms with E-state index in [1.165, 1.54) is 11.8 Å². The second kappa shape index (κ2) is 6.69. The number of ether oxygens (including phenoxy) is 1. The highest BCUT2D eigenvalue weighted by molar-refractivity contribution is 5.97. The lowest BCUT2D eigenvalue weighted by molar-refractivity contribution is -0.123. The Kier molecular flexibility index (Phi) is 4.93. The summed E-state index contributed by atoms with van der Waals surface area (Å²) < 4.78 is 5.47. The van der Waals surface area contributed by atoms with Crippen LogP contribution in [0.4, 0.5) is 11.4 Å². The highest BCUT2D eigenvalue weighted by Crippen LogP contribution is 2.19. The fraction of sp³-hybridized carbons (Fsp3) is 0.467. The molecule has 0 spiro atoms. The molecule has 2 rings (SSSR count). The monoisotopic (exact) mass is 291 g/mol. The Hall–Kier alpha value is -1.92. The summed E-state index contributed by atoms with van der Waals surface area (Å²) in [6.07, 6.45) is -0.165. The second-order valence-electron chi connectivity index (χ2n) is 5.13. The molecule has 1 fully saturated rings. The number of nitrogens with one attached hydrogen (secondary N) is 2. The molecule has 0 radical (unpaired) electrons. The normalized spacial score (nSPS) is 21.7.